The maximum absolute atomic E-state index is 11.1. The van der Waals surface area contributed by atoms with E-state index in [1.165, 1.54) is 7.05 Å². The van der Waals surface area contributed by atoms with Crippen LogP contribution in [0.5, 0.6) is 0 Å². The Hall–Kier alpha value is -1.98. The Morgan fingerprint density at radius 3 is 2.69 bits per heavy atom. The number of carbonyl (C=O) groups is 1. The molecule has 0 atom stereocenters. The summed E-state index contributed by atoms with van der Waals surface area (Å²) in [4.78, 5) is 31.6. The summed E-state index contributed by atoms with van der Waals surface area (Å²) in [6, 6.07) is 0.942. The van der Waals surface area contributed by atoms with Crippen molar-refractivity contribution >= 4 is 11.7 Å². The first-order valence-electron chi connectivity index (χ1n) is 3.33. The monoisotopic (exact) mass is 182 g/mol. The molecule has 0 fully saturated rings. The summed E-state index contributed by atoms with van der Waals surface area (Å²) < 4.78 is 1.00. The maximum atomic E-state index is 11.1. The van der Waals surface area contributed by atoms with Gasteiger partial charge in [-0.15, -0.1) is 4.91 Å². The van der Waals surface area contributed by atoms with Crippen LogP contribution in [0.25, 0.3) is 0 Å². The zero-order valence-electron chi connectivity index (χ0n) is 6.72. The van der Waals surface area contributed by atoms with E-state index < -0.39 is 17.2 Å². The van der Waals surface area contributed by atoms with Crippen molar-refractivity contribution in [2.75, 3.05) is 0 Å². The number of rotatable bonds is 2. The van der Waals surface area contributed by atoms with Crippen LogP contribution < -0.4 is 5.56 Å². The van der Waals surface area contributed by atoms with E-state index in [0.717, 1.165) is 16.8 Å². The summed E-state index contributed by atoms with van der Waals surface area (Å²) in [6.45, 7) is 0. The lowest BCUT2D eigenvalue weighted by Gasteiger charge is -1.99. The van der Waals surface area contributed by atoms with Gasteiger partial charge in [0.05, 0.1) is 5.56 Å². The van der Waals surface area contributed by atoms with Crippen molar-refractivity contribution in [3.63, 3.8) is 0 Å². The SMILES string of the molecule is Cn1cc(C(=O)O)cc(N=O)c1=O. The van der Waals surface area contributed by atoms with Crippen LogP contribution in [0.2, 0.25) is 0 Å². The van der Waals surface area contributed by atoms with Gasteiger partial charge in [-0.2, -0.15) is 0 Å². The van der Waals surface area contributed by atoms with Gasteiger partial charge in [-0.1, -0.05) is 0 Å². The highest BCUT2D eigenvalue weighted by atomic mass is 16.4. The van der Waals surface area contributed by atoms with Gasteiger partial charge < -0.3 is 9.67 Å². The van der Waals surface area contributed by atoms with Crippen LogP contribution in [0.4, 0.5) is 5.69 Å². The average molecular weight is 182 g/mol. The molecule has 68 valence electrons. The largest absolute Gasteiger partial charge is 0.478 e. The van der Waals surface area contributed by atoms with E-state index >= 15 is 0 Å². The molecule has 1 aromatic heterocycles. The van der Waals surface area contributed by atoms with Crippen molar-refractivity contribution in [1.82, 2.24) is 4.57 Å². The van der Waals surface area contributed by atoms with Gasteiger partial charge in [0, 0.05) is 13.2 Å². The fraction of sp³-hybridized carbons (Fsp3) is 0.143. The molecule has 0 aromatic carbocycles. The minimum Gasteiger partial charge on any atom is -0.478 e. The number of aromatic nitrogens is 1. The number of hydrogen-bond donors (Lipinski definition) is 1. The minimum atomic E-state index is -1.21. The van der Waals surface area contributed by atoms with Crippen molar-refractivity contribution in [2.24, 2.45) is 12.2 Å². The fourth-order valence-electron chi connectivity index (χ4n) is 0.877. The third kappa shape index (κ3) is 1.61. The first kappa shape index (κ1) is 9.11. The van der Waals surface area contributed by atoms with Crippen LogP contribution in [-0.4, -0.2) is 15.6 Å². The number of nitrogens with zero attached hydrogens (tertiary/aromatic N) is 2. The smallest absolute Gasteiger partial charge is 0.337 e. The van der Waals surface area contributed by atoms with E-state index in [-0.39, 0.29) is 5.56 Å². The molecule has 0 unspecified atom stereocenters. The summed E-state index contributed by atoms with van der Waals surface area (Å²) >= 11 is 0. The van der Waals surface area contributed by atoms with Gasteiger partial charge in [0.15, 0.2) is 5.69 Å². The molecule has 0 bridgehead atoms. The van der Waals surface area contributed by atoms with Gasteiger partial charge in [0.2, 0.25) is 0 Å². The Kier molecular flexibility index (Phi) is 2.23. The standard InChI is InChI=1S/C7H6N2O4/c1-9-3-4(7(11)12)2-5(8-13)6(9)10/h2-3H,1H3,(H,11,12). The van der Waals surface area contributed by atoms with E-state index in [0.29, 0.717) is 0 Å². The molecule has 0 aliphatic carbocycles. The van der Waals surface area contributed by atoms with Crippen LogP contribution >= 0.6 is 0 Å². The Balaban J connectivity index is 3.47. The van der Waals surface area contributed by atoms with E-state index in [1.807, 2.05) is 0 Å². The summed E-state index contributed by atoms with van der Waals surface area (Å²) in [7, 11) is 1.35. The second-order valence-electron chi connectivity index (χ2n) is 2.43. The minimum absolute atomic E-state index is 0.142. The second kappa shape index (κ2) is 3.18. The van der Waals surface area contributed by atoms with Crippen molar-refractivity contribution in [3.05, 3.63) is 33.1 Å². The number of carboxylic acid groups (broad SMARTS) is 1. The maximum Gasteiger partial charge on any atom is 0.337 e. The molecule has 1 heterocycles. The van der Waals surface area contributed by atoms with Crippen LogP contribution in [0.15, 0.2) is 22.2 Å². The van der Waals surface area contributed by atoms with Gasteiger partial charge in [-0.25, -0.2) is 4.79 Å². The Bertz CT molecular complexity index is 421. The molecule has 6 heteroatoms. The molecule has 0 amide bonds. The first-order chi connectivity index (χ1) is 6.06. The predicted molar refractivity (Wildman–Crippen MR) is 44.1 cm³/mol. The van der Waals surface area contributed by atoms with E-state index in [9.17, 15) is 14.5 Å². The number of aryl methyl sites for hydroxylation is 1. The quantitative estimate of drug-likeness (QED) is 0.673. The number of aromatic carboxylic acids is 1. The summed E-state index contributed by atoms with van der Waals surface area (Å²) in [5, 5.41) is 11.0. The van der Waals surface area contributed by atoms with Gasteiger partial charge in [0.1, 0.15) is 0 Å². The topological polar surface area (TPSA) is 88.7 Å². The highest BCUT2D eigenvalue weighted by Gasteiger charge is 2.09. The molecule has 0 saturated heterocycles. The molecule has 1 aromatic rings. The van der Waals surface area contributed by atoms with Crippen LogP contribution in [0.1, 0.15) is 10.4 Å². The van der Waals surface area contributed by atoms with Crippen molar-refractivity contribution in [1.29, 1.82) is 0 Å². The third-order valence-electron chi connectivity index (χ3n) is 1.51. The van der Waals surface area contributed by atoms with Crippen LogP contribution in [-0.2, 0) is 7.05 Å². The number of carboxylic acids is 1. The number of hydrogen-bond acceptors (Lipinski definition) is 4. The molecule has 0 aliphatic rings. The molecule has 0 spiro atoms. The van der Waals surface area contributed by atoms with E-state index in [2.05, 4.69) is 5.18 Å². The lowest BCUT2D eigenvalue weighted by atomic mass is 10.2. The molecule has 0 radical (unpaired) electrons. The lowest BCUT2D eigenvalue weighted by Crippen LogP contribution is -2.17. The highest BCUT2D eigenvalue weighted by molar-refractivity contribution is 5.88. The molecule has 6 nitrogen and oxygen atoms in total. The van der Waals surface area contributed by atoms with E-state index in [4.69, 9.17) is 5.11 Å². The Morgan fingerprint density at radius 2 is 2.23 bits per heavy atom. The number of pyridine rings is 1. The molecule has 1 rings (SSSR count). The van der Waals surface area contributed by atoms with Crippen LogP contribution in [0, 0.1) is 4.91 Å². The van der Waals surface area contributed by atoms with Crippen molar-refractivity contribution in [2.45, 2.75) is 0 Å². The zero-order valence-corrected chi connectivity index (χ0v) is 6.72. The fourth-order valence-corrected chi connectivity index (χ4v) is 0.877. The lowest BCUT2D eigenvalue weighted by molar-refractivity contribution is 0.0696. The first-order valence-corrected chi connectivity index (χ1v) is 3.33. The molecule has 0 saturated carbocycles. The Morgan fingerprint density at radius 1 is 1.62 bits per heavy atom. The molecule has 0 aliphatic heterocycles. The van der Waals surface area contributed by atoms with Gasteiger partial charge in [0.25, 0.3) is 5.56 Å². The number of nitroso groups, excluding NO2 is 1. The normalized spacial score (nSPS) is 9.62. The average Bonchev–Trinajstić information content (AvgIpc) is 2.09. The molecular formula is C7H6N2O4. The molecular weight excluding hydrogens is 176 g/mol. The summed E-state index contributed by atoms with van der Waals surface area (Å²) in [5.41, 5.74) is -1.15. The van der Waals surface area contributed by atoms with Gasteiger partial charge >= 0.3 is 5.97 Å². The van der Waals surface area contributed by atoms with Crippen molar-refractivity contribution < 1.29 is 9.90 Å². The second-order valence-corrected chi connectivity index (χ2v) is 2.43. The summed E-state index contributed by atoms with van der Waals surface area (Å²) in [5.74, 6) is -1.21. The molecule has 1 N–H and O–H groups in total. The summed E-state index contributed by atoms with van der Waals surface area (Å²) in [6.07, 6.45) is 1.12. The van der Waals surface area contributed by atoms with Crippen molar-refractivity contribution in [3.8, 4) is 0 Å². The van der Waals surface area contributed by atoms with Gasteiger partial charge in [-0.05, 0) is 11.2 Å². The van der Waals surface area contributed by atoms with Crippen LogP contribution in [0.3, 0.4) is 0 Å². The Labute approximate surface area is 72.4 Å². The van der Waals surface area contributed by atoms with E-state index in [1.54, 1.807) is 0 Å². The molecule has 13 heavy (non-hydrogen) atoms. The predicted octanol–water partition coefficient (Wildman–Crippen LogP) is 0.481. The third-order valence-corrected chi connectivity index (χ3v) is 1.51. The van der Waals surface area contributed by atoms with Gasteiger partial charge in [-0.3, -0.25) is 4.79 Å². The highest BCUT2D eigenvalue weighted by Crippen LogP contribution is 2.07. The zero-order chi connectivity index (χ0) is 10.0.